The summed E-state index contributed by atoms with van der Waals surface area (Å²) >= 11 is 0. The molecule has 12 nitrogen and oxygen atoms in total. The third kappa shape index (κ3) is 7.26. The number of aliphatic hydroxyl groups excluding tert-OH is 1. The zero-order chi connectivity index (χ0) is 30.3. The summed E-state index contributed by atoms with van der Waals surface area (Å²) in [6, 6.07) is 17.2. The predicted molar refractivity (Wildman–Crippen MR) is 153 cm³/mol. The van der Waals surface area contributed by atoms with Crippen LogP contribution in [0, 0.1) is 12.3 Å². The van der Waals surface area contributed by atoms with Crippen LogP contribution in [-0.4, -0.2) is 58.2 Å². The first-order chi connectivity index (χ1) is 20.0. The molecule has 2 heterocycles. The van der Waals surface area contributed by atoms with E-state index in [-0.39, 0.29) is 18.8 Å². The molecule has 0 bridgehead atoms. The fourth-order valence-corrected chi connectivity index (χ4v) is 5.92. The van der Waals surface area contributed by atoms with Gasteiger partial charge in [-0.2, -0.15) is 5.09 Å². The molecule has 2 aromatic carbocycles. The van der Waals surface area contributed by atoms with Gasteiger partial charge in [0.1, 0.15) is 24.0 Å². The molecule has 2 unspecified atom stereocenters. The highest BCUT2D eigenvalue weighted by molar-refractivity contribution is 7.52. The van der Waals surface area contributed by atoms with E-state index < -0.39 is 61.5 Å². The number of para-hydroxylation sites is 1. The first-order valence-electron chi connectivity index (χ1n) is 13.2. The molecule has 42 heavy (non-hydrogen) atoms. The number of aliphatic hydroxyl groups is 1. The molecule has 3 N–H and O–H groups in total. The first kappa shape index (κ1) is 31.0. The fourth-order valence-electron chi connectivity index (χ4n) is 4.42. The number of carbonyl (C=O) groups is 1. The summed E-state index contributed by atoms with van der Waals surface area (Å²) in [6.07, 6.45) is 3.89. The molecule has 1 aliphatic rings. The smallest absolute Gasteiger partial charge is 0.459 e. The normalized spacial score (nSPS) is 22.2. The summed E-state index contributed by atoms with van der Waals surface area (Å²) in [5, 5.41) is 13.9. The van der Waals surface area contributed by atoms with Crippen molar-refractivity contribution >= 4 is 13.7 Å². The summed E-state index contributed by atoms with van der Waals surface area (Å²) in [4.78, 5) is 39.2. The monoisotopic (exact) mass is 597 g/mol. The third-order valence-electron chi connectivity index (χ3n) is 6.47. The van der Waals surface area contributed by atoms with Crippen molar-refractivity contribution in [2.75, 3.05) is 13.2 Å². The summed E-state index contributed by atoms with van der Waals surface area (Å²) in [5.74, 6) is 1.92. The number of aromatic nitrogens is 2. The Morgan fingerprint density at radius 2 is 1.86 bits per heavy atom. The van der Waals surface area contributed by atoms with Crippen LogP contribution in [0.3, 0.4) is 0 Å². The van der Waals surface area contributed by atoms with Gasteiger partial charge in [-0.15, -0.1) is 6.42 Å². The van der Waals surface area contributed by atoms with Crippen LogP contribution in [0.25, 0.3) is 0 Å². The van der Waals surface area contributed by atoms with Crippen LogP contribution in [0.15, 0.2) is 82.5 Å². The summed E-state index contributed by atoms with van der Waals surface area (Å²) < 4.78 is 37.8. The number of benzene rings is 2. The van der Waals surface area contributed by atoms with Gasteiger partial charge in [-0.25, -0.2) is 9.36 Å². The Balaban J connectivity index is 1.59. The lowest BCUT2D eigenvalue weighted by atomic mass is 9.93. The number of nitrogens with one attached hydrogen (secondary N) is 2. The van der Waals surface area contributed by atoms with Gasteiger partial charge in [0, 0.05) is 12.3 Å². The molecule has 0 aliphatic carbocycles. The van der Waals surface area contributed by atoms with Gasteiger partial charge >= 0.3 is 19.4 Å². The van der Waals surface area contributed by atoms with Crippen molar-refractivity contribution in [2.24, 2.45) is 0 Å². The number of terminal acetylenes is 1. The molecule has 1 aliphatic heterocycles. The average Bonchev–Trinajstić information content (AvgIpc) is 3.28. The van der Waals surface area contributed by atoms with Gasteiger partial charge in [0.15, 0.2) is 5.54 Å². The van der Waals surface area contributed by atoms with E-state index in [4.69, 9.17) is 24.9 Å². The van der Waals surface area contributed by atoms with Crippen molar-refractivity contribution < 1.29 is 33.0 Å². The van der Waals surface area contributed by atoms with Gasteiger partial charge in [0.05, 0.1) is 19.3 Å². The van der Waals surface area contributed by atoms with Gasteiger partial charge in [0.25, 0.3) is 5.56 Å². The average molecular weight is 598 g/mol. The SMILES string of the molecule is C#CC1(n2ccc(=O)[nH]c2=O)CO[C@H](COP(=O)(N[C@@H](Cc2ccccc2)C(=O)OC(C)C)Oc2ccccc2)[C@H]1O. The van der Waals surface area contributed by atoms with Gasteiger partial charge in [0.2, 0.25) is 0 Å². The molecule has 0 saturated carbocycles. The number of carbonyl (C=O) groups excluding carboxylic acids is 1. The van der Waals surface area contributed by atoms with Crippen molar-refractivity contribution in [3.05, 3.63) is 99.3 Å². The van der Waals surface area contributed by atoms with Crippen LogP contribution in [0.2, 0.25) is 0 Å². The Hall–Kier alpha value is -3.98. The quantitative estimate of drug-likeness (QED) is 0.160. The number of hydrogen-bond acceptors (Lipinski definition) is 9. The molecule has 13 heteroatoms. The Morgan fingerprint density at radius 3 is 2.48 bits per heavy atom. The molecule has 1 saturated heterocycles. The second kappa shape index (κ2) is 13.3. The maximum Gasteiger partial charge on any atom is 0.459 e. The molecule has 1 aromatic heterocycles. The topological polar surface area (TPSA) is 158 Å². The van der Waals surface area contributed by atoms with Crippen LogP contribution >= 0.6 is 7.75 Å². The molecule has 3 aromatic rings. The van der Waals surface area contributed by atoms with E-state index in [1.807, 2.05) is 18.2 Å². The van der Waals surface area contributed by atoms with E-state index in [0.29, 0.717) is 0 Å². The van der Waals surface area contributed by atoms with Crippen LogP contribution in [0.4, 0.5) is 0 Å². The van der Waals surface area contributed by atoms with Crippen molar-refractivity contribution in [1.29, 1.82) is 0 Å². The van der Waals surface area contributed by atoms with Crippen LogP contribution in [-0.2, 0) is 35.3 Å². The molecule has 0 radical (unpaired) electrons. The standard InChI is InChI=1S/C29H32N3O9P/c1-4-29(32-16-15-25(33)30-28(32)36)19-38-24(26(29)34)18-39-42(37,41-22-13-9-6-10-14-22)31-23(27(35)40-20(2)3)17-21-11-7-5-8-12-21/h1,5-16,20,23-24,26,34H,17-19H2,2-3H3,(H,31,37)(H,30,33,36)/t23-,24+,26+,29?,42?/m0/s1. The Bertz CT molecular complexity index is 1570. The molecular weight excluding hydrogens is 565 g/mol. The molecule has 0 amide bonds. The largest absolute Gasteiger partial charge is 0.462 e. The Morgan fingerprint density at radius 1 is 1.19 bits per heavy atom. The summed E-state index contributed by atoms with van der Waals surface area (Å²) in [7, 11) is -4.36. The highest BCUT2D eigenvalue weighted by atomic mass is 31.2. The van der Waals surface area contributed by atoms with Crippen LogP contribution in [0.1, 0.15) is 19.4 Å². The summed E-state index contributed by atoms with van der Waals surface area (Å²) in [5.41, 5.74) is -2.38. The maximum absolute atomic E-state index is 14.2. The molecule has 4 rings (SSSR count). The Kier molecular flexibility index (Phi) is 9.83. The van der Waals surface area contributed by atoms with Gasteiger partial charge in [-0.05, 0) is 38.0 Å². The predicted octanol–water partition coefficient (Wildman–Crippen LogP) is 1.98. The number of esters is 1. The lowest BCUT2D eigenvalue weighted by Crippen LogP contribution is -2.51. The second-order valence-electron chi connectivity index (χ2n) is 9.90. The minimum atomic E-state index is -4.36. The zero-order valence-corrected chi connectivity index (χ0v) is 23.9. The molecule has 222 valence electrons. The molecule has 1 fully saturated rings. The van der Waals surface area contributed by atoms with Crippen LogP contribution < -0.4 is 20.9 Å². The van der Waals surface area contributed by atoms with E-state index in [1.165, 1.54) is 0 Å². The van der Waals surface area contributed by atoms with E-state index in [0.717, 1.165) is 22.4 Å². The van der Waals surface area contributed by atoms with E-state index in [9.17, 15) is 24.1 Å². The number of rotatable bonds is 12. The molecular formula is C29H32N3O9P. The maximum atomic E-state index is 14.2. The minimum Gasteiger partial charge on any atom is -0.462 e. The fraction of sp³-hybridized carbons (Fsp3) is 0.345. The van der Waals surface area contributed by atoms with E-state index in [2.05, 4.69) is 16.0 Å². The molecule has 5 atom stereocenters. The van der Waals surface area contributed by atoms with Gasteiger partial charge < -0.3 is 19.1 Å². The number of H-pyrrole nitrogens is 1. The molecule has 0 spiro atoms. The van der Waals surface area contributed by atoms with Crippen molar-refractivity contribution in [1.82, 2.24) is 14.6 Å². The number of ether oxygens (including phenoxy) is 2. The number of nitrogens with zero attached hydrogens (tertiary/aromatic N) is 1. The van der Waals surface area contributed by atoms with Gasteiger partial charge in [-0.3, -0.25) is 23.7 Å². The lowest BCUT2D eigenvalue weighted by molar-refractivity contribution is -0.149. The second-order valence-corrected chi connectivity index (χ2v) is 11.6. The summed E-state index contributed by atoms with van der Waals surface area (Å²) in [6.45, 7) is 2.58. The highest BCUT2D eigenvalue weighted by Gasteiger charge is 2.51. The van der Waals surface area contributed by atoms with E-state index in [1.54, 1.807) is 56.3 Å². The van der Waals surface area contributed by atoms with Crippen molar-refractivity contribution in [2.45, 2.75) is 50.2 Å². The first-order valence-corrected chi connectivity index (χ1v) is 14.7. The van der Waals surface area contributed by atoms with Crippen molar-refractivity contribution in [3.8, 4) is 18.1 Å². The number of hydrogen-bond donors (Lipinski definition) is 3. The third-order valence-corrected chi connectivity index (χ3v) is 8.04. The lowest BCUT2D eigenvalue weighted by Gasteiger charge is -2.29. The Labute approximate surface area is 242 Å². The van der Waals surface area contributed by atoms with Crippen LogP contribution in [0.5, 0.6) is 5.75 Å². The number of aromatic amines is 1. The van der Waals surface area contributed by atoms with Crippen molar-refractivity contribution in [3.63, 3.8) is 0 Å². The zero-order valence-electron chi connectivity index (χ0n) is 23.0. The van der Waals surface area contributed by atoms with Gasteiger partial charge in [-0.1, -0.05) is 54.5 Å². The minimum absolute atomic E-state index is 0.107. The highest BCUT2D eigenvalue weighted by Crippen LogP contribution is 2.46. The van der Waals surface area contributed by atoms with E-state index >= 15 is 0 Å².